The molecule has 1 aliphatic heterocycles. The summed E-state index contributed by atoms with van der Waals surface area (Å²) in [5, 5.41) is 5.64. The average Bonchev–Trinajstić information content (AvgIpc) is 2.41. The second-order valence-corrected chi connectivity index (χ2v) is 6.10. The number of halogens is 3. The lowest BCUT2D eigenvalue weighted by Gasteiger charge is -2.23. The van der Waals surface area contributed by atoms with E-state index in [1.807, 2.05) is 0 Å². The number of anilines is 1. The van der Waals surface area contributed by atoms with Gasteiger partial charge in [0.1, 0.15) is 0 Å². The third kappa shape index (κ3) is 5.51. The van der Waals surface area contributed by atoms with Gasteiger partial charge in [-0.05, 0) is 36.4 Å². The highest BCUT2D eigenvalue weighted by molar-refractivity contribution is 8.00. The fourth-order valence-electron chi connectivity index (χ4n) is 2.10. The Morgan fingerprint density at radius 1 is 1.50 bits per heavy atom. The number of alkyl halides is 3. The molecule has 2 rings (SSSR count). The van der Waals surface area contributed by atoms with Gasteiger partial charge in [-0.2, -0.15) is 13.2 Å². The van der Waals surface area contributed by atoms with Crippen LogP contribution < -0.4 is 10.6 Å². The van der Waals surface area contributed by atoms with Crippen LogP contribution in [0.5, 0.6) is 0 Å². The number of benzene rings is 1. The van der Waals surface area contributed by atoms with Crippen LogP contribution in [0.2, 0.25) is 0 Å². The molecule has 0 saturated carbocycles. The van der Waals surface area contributed by atoms with Crippen molar-refractivity contribution in [3.63, 3.8) is 0 Å². The topological polar surface area (TPSA) is 50.4 Å². The number of thioether (sulfide) groups is 1. The van der Waals surface area contributed by atoms with E-state index in [-0.39, 0.29) is 40.8 Å². The van der Waals surface area contributed by atoms with E-state index >= 15 is 0 Å². The highest BCUT2D eigenvalue weighted by atomic mass is 32.2. The second kappa shape index (κ2) is 7.34. The van der Waals surface area contributed by atoms with E-state index < -0.39 is 5.51 Å². The van der Waals surface area contributed by atoms with Crippen molar-refractivity contribution in [1.82, 2.24) is 5.32 Å². The van der Waals surface area contributed by atoms with E-state index in [1.165, 1.54) is 12.1 Å². The van der Waals surface area contributed by atoms with Gasteiger partial charge in [0.05, 0.1) is 24.8 Å². The number of ether oxygens (including phenoxy) is 1. The van der Waals surface area contributed by atoms with Gasteiger partial charge in [0.15, 0.2) is 0 Å². The minimum absolute atomic E-state index is 0.0106. The first-order chi connectivity index (χ1) is 10.3. The van der Waals surface area contributed by atoms with E-state index in [4.69, 9.17) is 4.74 Å². The molecule has 4 nitrogen and oxygen atoms in total. The van der Waals surface area contributed by atoms with Crippen LogP contribution in [-0.4, -0.2) is 37.2 Å². The smallest absolute Gasteiger partial charge is 0.375 e. The molecule has 122 valence electrons. The van der Waals surface area contributed by atoms with Gasteiger partial charge in [0.25, 0.3) is 0 Å². The molecule has 0 radical (unpaired) electrons. The Labute approximate surface area is 130 Å². The van der Waals surface area contributed by atoms with Crippen molar-refractivity contribution in [1.29, 1.82) is 0 Å². The van der Waals surface area contributed by atoms with Crippen molar-refractivity contribution in [3.8, 4) is 0 Å². The van der Waals surface area contributed by atoms with Gasteiger partial charge < -0.3 is 15.4 Å². The molecular weight excluding hydrogens is 317 g/mol. The van der Waals surface area contributed by atoms with E-state index in [0.29, 0.717) is 18.7 Å². The molecule has 22 heavy (non-hydrogen) atoms. The standard InChI is InChI=1S/C14H17F3N2O2S/c1-9-2-3-11(12(6-9)22-14(15,16)17)19-13(20)7-10-8-18-4-5-21-10/h2-3,6,10,18H,4-5,7-8H2,1H3,(H,19,20). The summed E-state index contributed by atoms with van der Waals surface area (Å²) in [5.74, 6) is -0.360. The van der Waals surface area contributed by atoms with E-state index in [1.54, 1.807) is 13.0 Å². The van der Waals surface area contributed by atoms with Gasteiger partial charge in [-0.3, -0.25) is 4.79 Å². The maximum atomic E-state index is 12.6. The monoisotopic (exact) mass is 334 g/mol. The number of carbonyl (C=O) groups excluding carboxylic acids is 1. The minimum Gasteiger partial charge on any atom is -0.375 e. The Balaban J connectivity index is 2.03. The van der Waals surface area contributed by atoms with Gasteiger partial charge in [-0.1, -0.05) is 6.07 Å². The molecule has 1 unspecified atom stereocenters. The van der Waals surface area contributed by atoms with Crippen molar-refractivity contribution < 1.29 is 22.7 Å². The van der Waals surface area contributed by atoms with Crippen LogP contribution in [0.3, 0.4) is 0 Å². The number of hydrogen-bond donors (Lipinski definition) is 2. The lowest BCUT2D eigenvalue weighted by molar-refractivity contribution is -0.119. The normalized spacial score (nSPS) is 19.0. The molecule has 1 atom stereocenters. The highest BCUT2D eigenvalue weighted by Gasteiger charge is 2.31. The number of aryl methyl sites for hydroxylation is 1. The first-order valence-corrected chi connectivity index (χ1v) is 7.64. The van der Waals surface area contributed by atoms with Crippen LogP contribution in [-0.2, 0) is 9.53 Å². The second-order valence-electron chi connectivity index (χ2n) is 5.00. The summed E-state index contributed by atoms with van der Waals surface area (Å²) in [6.07, 6.45) is -0.144. The Hall–Kier alpha value is -1.25. The average molecular weight is 334 g/mol. The van der Waals surface area contributed by atoms with Crippen LogP contribution in [0.25, 0.3) is 0 Å². The molecule has 1 amide bonds. The van der Waals surface area contributed by atoms with Crippen LogP contribution in [0.15, 0.2) is 23.1 Å². The molecule has 0 aliphatic carbocycles. The number of morpholine rings is 1. The lowest BCUT2D eigenvalue weighted by Crippen LogP contribution is -2.40. The Morgan fingerprint density at radius 2 is 2.27 bits per heavy atom. The molecule has 0 aromatic heterocycles. The first kappa shape index (κ1) is 17.1. The van der Waals surface area contributed by atoms with Gasteiger partial charge in [-0.15, -0.1) is 0 Å². The zero-order chi connectivity index (χ0) is 16.2. The third-order valence-corrected chi connectivity index (χ3v) is 3.84. The Morgan fingerprint density at radius 3 is 2.91 bits per heavy atom. The van der Waals surface area contributed by atoms with Crippen molar-refractivity contribution >= 4 is 23.4 Å². The molecule has 1 aliphatic rings. The molecule has 8 heteroatoms. The molecule has 1 fully saturated rings. The fourth-order valence-corrected chi connectivity index (χ4v) is 2.82. The van der Waals surface area contributed by atoms with Crippen LogP contribution in [0, 0.1) is 6.92 Å². The number of amides is 1. The van der Waals surface area contributed by atoms with Gasteiger partial charge >= 0.3 is 5.51 Å². The number of rotatable bonds is 4. The lowest BCUT2D eigenvalue weighted by atomic mass is 10.2. The van der Waals surface area contributed by atoms with Crippen molar-refractivity contribution in [2.45, 2.75) is 29.9 Å². The predicted molar refractivity (Wildman–Crippen MR) is 78.9 cm³/mol. The fraction of sp³-hybridized carbons (Fsp3) is 0.500. The number of carbonyl (C=O) groups is 1. The molecular formula is C14H17F3N2O2S. The summed E-state index contributed by atoms with van der Waals surface area (Å²) in [4.78, 5) is 12.0. The summed E-state index contributed by atoms with van der Waals surface area (Å²) >= 11 is -0.229. The van der Waals surface area contributed by atoms with Crippen molar-refractivity contribution in [3.05, 3.63) is 23.8 Å². The molecule has 0 spiro atoms. The summed E-state index contributed by atoms with van der Waals surface area (Å²) < 4.78 is 43.2. The maximum Gasteiger partial charge on any atom is 0.446 e. The highest BCUT2D eigenvalue weighted by Crippen LogP contribution is 2.40. The first-order valence-electron chi connectivity index (χ1n) is 6.82. The van der Waals surface area contributed by atoms with Crippen LogP contribution in [0.4, 0.5) is 18.9 Å². The molecule has 1 heterocycles. The third-order valence-electron chi connectivity index (χ3n) is 3.05. The van der Waals surface area contributed by atoms with Gasteiger partial charge in [0, 0.05) is 18.0 Å². The van der Waals surface area contributed by atoms with Crippen molar-refractivity contribution in [2.75, 3.05) is 25.0 Å². The van der Waals surface area contributed by atoms with Crippen LogP contribution in [0.1, 0.15) is 12.0 Å². The Kier molecular flexibility index (Phi) is 5.71. The minimum atomic E-state index is -4.40. The van der Waals surface area contributed by atoms with Crippen LogP contribution >= 0.6 is 11.8 Å². The van der Waals surface area contributed by atoms with Gasteiger partial charge in [-0.25, -0.2) is 0 Å². The quantitative estimate of drug-likeness (QED) is 0.832. The molecule has 1 aromatic carbocycles. The molecule has 2 N–H and O–H groups in total. The molecule has 1 saturated heterocycles. The molecule has 1 aromatic rings. The van der Waals surface area contributed by atoms with E-state index in [0.717, 1.165) is 6.54 Å². The Bertz CT molecular complexity index is 531. The number of hydrogen-bond acceptors (Lipinski definition) is 4. The van der Waals surface area contributed by atoms with Gasteiger partial charge in [0.2, 0.25) is 5.91 Å². The summed E-state index contributed by atoms with van der Waals surface area (Å²) in [5.41, 5.74) is -3.53. The zero-order valence-electron chi connectivity index (χ0n) is 12.0. The van der Waals surface area contributed by atoms with Crippen molar-refractivity contribution in [2.24, 2.45) is 0 Å². The van der Waals surface area contributed by atoms with E-state index in [2.05, 4.69) is 10.6 Å². The number of nitrogens with one attached hydrogen (secondary N) is 2. The SMILES string of the molecule is Cc1ccc(NC(=O)CC2CNCCO2)c(SC(F)(F)F)c1. The predicted octanol–water partition coefficient (Wildman–Crippen LogP) is 2.92. The molecule has 0 bridgehead atoms. The zero-order valence-corrected chi connectivity index (χ0v) is 12.8. The summed E-state index contributed by atoms with van der Waals surface area (Å²) in [6.45, 7) is 3.53. The largest absolute Gasteiger partial charge is 0.446 e. The maximum absolute atomic E-state index is 12.6. The summed E-state index contributed by atoms with van der Waals surface area (Å²) in [6, 6.07) is 4.56. The summed E-state index contributed by atoms with van der Waals surface area (Å²) in [7, 11) is 0. The van der Waals surface area contributed by atoms with E-state index in [9.17, 15) is 18.0 Å².